The molecule has 1 atom stereocenters. The summed E-state index contributed by atoms with van der Waals surface area (Å²) in [5.41, 5.74) is 3.83. The minimum Gasteiger partial charge on any atom is -0.467 e. The lowest BCUT2D eigenvalue weighted by molar-refractivity contribution is -0.150. The minimum absolute atomic E-state index is 0.0473. The van der Waals surface area contributed by atoms with E-state index in [0.717, 1.165) is 5.69 Å². The molecule has 1 saturated heterocycles. The Hall–Kier alpha value is -2.08. The van der Waals surface area contributed by atoms with Crippen LogP contribution in [0.4, 0.5) is 5.69 Å². The van der Waals surface area contributed by atoms with Crippen molar-refractivity contribution < 1.29 is 19.4 Å². The molecule has 0 aromatic heterocycles. The van der Waals surface area contributed by atoms with Crippen molar-refractivity contribution in [3.05, 3.63) is 29.8 Å². The van der Waals surface area contributed by atoms with Crippen LogP contribution in [0.1, 0.15) is 18.1 Å². The SMILES string of the molecule is COC(=O)C(O)c1cccc(N2CCC(=O)N2)c1. The smallest absolute Gasteiger partial charge is 0.339 e. The molecule has 0 bridgehead atoms. The number of nitrogens with one attached hydrogen (secondary N) is 1. The average molecular weight is 250 g/mol. The van der Waals surface area contributed by atoms with Gasteiger partial charge in [-0.05, 0) is 17.7 Å². The third-order valence-corrected chi connectivity index (χ3v) is 2.74. The molecule has 0 spiro atoms. The van der Waals surface area contributed by atoms with E-state index in [1.54, 1.807) is 29.3 Å². The van der Waals surface area contributed by atoms with Gasteiger partial charge in [0.05, 0.1) is 12.8 Å². The monoisotopic (exact) mass is 250 g/mol. The first-order valence-electron chi connectivity index (χ1n) is 5.54. The highest BCUT2D eigenvalue weighted by molar-refractivity contribution is 5.82. The summed E-state index contributed by atoms with van der Waals surface area (Å²) in [5.74, 6) is -0.758. The predicted octanol–water partition coefficient (Wildman–Crippen LogP) is 0.134. The topological polar surface area (TPSA) is 78.9 Å². The number of aliphatic hydroxyl groups excluding tert-OH is 1. The van der Waals surface area contributed by atoms with E-state index in [-0.39, 0.29) is 5.91 Å². The summed E-state index contributed by atoms with van der Waals surface area (Å²) in [7, 11) is 1.22. The molecule has 18 heavy (non-hydrogen) atoms. The number of esters is 1. The van der Waals surface area contributed by atoms with Crippen LogP contribution < -0.4 is 10.4 Å². The van der Waals surface area contributed by atoms with Gasteiger partial charge in [-0.2, -0.15) is 0 Å². The van der Waals surface area contributed by atoms with Gasteiger partial charge in [0.25, 0.3) is 0 Å². The first kappa shape index (κ1) is 12.4. The van der Waals surface area contributed by atoms with Crippen molar-refractivity contribution in [2.24, 2.45) is 0 Å². The van der Waals surface area contributed by atoms with Gasteiger partial charge < -0.3 is 9.84 Å². The number of amides is 1. The Labute approximate surface area is 104 Å². The van der Waals surface area contributed by atoms with Gasteiger partial charge in [-0.25, -0.2) is 4.79 Å². The fraction of sp³-hybridized carbons (Fsp3) is 0.333. The van der Waals surface area contributed by atoms with Crippen LogP contribution in [-0.4, -0.2) is 30.6 Å². The lowest BCUT2D eigenvalue weighted by Crippen LogP contribution is -2.33. The highest BCUT2D eigenvalue weighted by Gasteiger charge is 2.22. The molecule has 1 unspecified atom stereocenters. The molecule has 1 aliphatic heterocycles. The van der Waals surface area contributed by atoms with Crippen molar-refractivity contribution in [3.63, 3.8) is 0 Å². The fourth-order valence-corrected chi connectivity index (χ4v) is 1.78. The van der Waals surface area contributed by atoms with E-state index in [1.165, 1.54) is 7.11 Å². The molecule has 1 amide bonds. The largest absolute Gasteiger partial charge is 0.467 e. The molecule has 1 aromatic carbocycles. The molecule has 1 heterocycles. The Morgan fingerprint density at radius 1 is 1.56 bits per heavy atom. The van der Waals surface area contributed by atoms with Crippen molar-refractivity contribution in [1.82, 2.24) is 5.43 Å². The first-order chi connectivity index (χ1) is 8.61. The Morgan fingerprint density at radius 2 is 2.33 bits per heavy atom. The Balaban J connectivity index is 2.19. The summed E-state index contributed by atoms with van der Waals surface area (Å²) in [5, 5.41) is 11.4. The maximum atomic E-state index is 11.2. The number of rotatable bonds is 3. The van der Waals surface area contributed by atoms with E-state index in [9.17, 15) is 14.7 Å². The van der Waals surface area contributed by atoms with Crippen molar-refractivity contribution in [2.75, 3.05) is 18.7 Å². The maximum Gasteiger partial charge on any atom is 0.339 e. The molecule has 0 radical (unpaired) electrons. The Kier molecular flexibility index (Phi) is 3.47. The fourth-order valence-electron chi connectivity index (χ4n) is 1.78. The lowest BCUT2D eigenvalue weighted by Gasteiger charge is -2.18. The number of carbonyl (C=O) groups is 2. The molecular formula is C12H14N2O4. The number of ether oxygens (including phenoxy) is 1. The van der Waals surface area contributed by atoms with E-state index >= 15 is 0 Å². The quantitative estimate of drug-likeness (QED) is 0.746. The molecule has 2 rings (SSSR count). The minimum atomic E-state index is -1.31. The van der Waals surface area contributed by atoms with Gasteiger partial charge in [-0.1, -0.05) is 12.1 Å². The zero-order valence-electron chi connectivity index (χ0n) is 9.92. The summed E-state index contributed by atoms with van der Waals surface area (Å²) in [4.78, 5) is 22.4. The molecule has 6 heteroatoms. The van der Waals surface area contributed by atoms with Gasteiger partial charge in [0.15, 0.2) is 6.10 Å². The number of hydrazine groups is 1. The van der Waals surface area contributed by atoms with Gasteiger partial charge in [0.2, 0.25) is 5.91 Å². The average Bonchev–Trinajstić information content (AvgIpc) is 2.84. The third-order valence-electron chi connectivity index (χ3n) is 2.74. The van der Waals surface area contributed by atoms with Gasteiger partial charge in [0.1, 0.15) is 0 Å². The van der Waals surface area contributed by atoms with Crippen molar-refractivity contribution in [2.45, 2.75) is 12.5 Å². The number of carbonyl (C=O) groups excluding carboxylic acids is 2. The summed E-state index contributed by atoms with van der Waals surface area (Å²) >= 11 is 0. The van der Waals surface area contributed by atoms with Crippen LogP contribution in [-0.2, 0) is 14.3 Å². The van der Waals surface area contributed by atoms with Gasteiger partial charge in [0, 0.05) is 13.0 Å². The molecule has 0 saturated carbocycles. The second-order valence-electron chi connectivity index (χ2n) is 3.96. The van der Waals surface area contributed by atoms with E-state index in [2.05, 4.69) is 10.2 Å². The summed E-state index contributed by atoms with van der Waals surface area (Å²) in [6.45, 7) is 0.566. The standard InChI is InChI=1S/C12H14N2O4/c1-18-12(17)11(16)8-3-2-4-9(7-8)14-6-5-10(15)13-14/h2-4,7,11,16H,5-6H2,1H3,(H,13,15). The van der Waals surface area contributed by atoms with E-state index in [0.29, 0.717) is 18.5 Å². The van der Waals surface area contributed by atoms with Crippen molar-refractivity contribution in [1.29, 1.82) is 0 Å². The van der Waals surface area contributed by atoms with Crippen LogP contribution in [0.15, 0.2) is 24.3 Å². The molecule has 6 nitrogen and oxygen atoms in total. The summed E-state index contributed by atoms with van der Waals surface area (Å²) < 4.78 is 4.48. The first-order valence-corrected chi connectivity index (χ1v) is 5.54. The third kappa shape index (κ3) is 2.43. The van der Waals surface area contributed by atoms with Crippen LogP contribution in [0.5, 0.6) is 0 Å². The molecule has 1 aromatic rings. The highest BCUT2D eigenvalue weighted by atomic mass is 16.5. The van der Waals surface area contributed by atoms with Gasteiger partial charge in [-0.15, -0.1) is 0 Å². The Bertz CT molecular complexity index is 475. The van der Waals surface area contributed by atoms with Gasteiger partial charge >= 0.3 is 5.97 Å². The van der Waals surface area contributed by atoms with Crippen molar-refractivity contribution >= 4 is 17.6 Å². The molecule has 96 valence electrons. The zero-order valence-corrected chi connectivity index (χ0v) is 9.92. The number of hydrogen-bond donors (Lipinski definition) is 2. The zero-order chi connectivity index (χ0) is 13.1. The van der Waals surface area contributed by atoms with Crippen LogP contribution in [0.3, 0.4) is 0 Å². The lowest BCUT2D eigenvalue weighted by atomic mass is 10.1. The summed E-state index contributed by atoms with van der Waals surface area (Å²) in [6.07, 6.45) is -0.877. The van der Waals surface area contributed by atoms with E-state index < -0.39 is 12.1 Å². The van der Waals surface area contributed by atoms with Crippen LogP contribution in [0.2, 0.25) is 0 Å². The predicted molar refractivity (Wildman–Crippen MR) is 63.5 cm³/mol. The number of benzene rings is 1. The molecule has 1 aliphatic rings. The van der Waals surface area contributed by atoms with Crippen LogP contribution in [0.25, 0.3) is 0 Å². The second-order valence-corrected chi connectivity index (χ2v) is 3.96. The van der Waals surface area contributed by atoms with E-state index in [1.807, 2.05) is 0 Å². The van der Waals surface area contributed by atoms with Crippen molar-refractivity contribution in [3.8, 4) is 0 Å². The van der Waals surface area contributed by atoms with Crippen LogP contribution >= 0.6 is 0 Å². The normalized spacial score (nSPS) is 16.3. The number of anilines is 1. The highest BCUT2D eigenvalue weighted by Crippen LogP contribution is 2.22. The molecule has 1 fully saturated rings. The molecule has 2 N–H and O–H groups in total. The van der Waals surface area contributed by atoms with Gasteiger partial charge in [-0.3, -0.25) is 15.2 Å². The summed E-state index contributed by atoms with van der Waals surface area (Å²) in [6, 6.07) is 6.77. The molecule has 0 aliphatic carbocycles. The maximum absolute atomic E-state index is 11.2. The second kappa shape index (κ2) is 5.05. The Morgan fingerprint density at radius 3 is 2.94 bits per heavy atom. The van der Waals surface area contributed by atoms with E-state index in [4.69, 9.17) is 0 Å². The number of methoxy groups -OCH3 is 1. The number of aliphatic hydroxyl groups is 1. The molecular weight excluding hydrogens is 236 g/mol. The van der Waals surface area contributed by atoms with Crippen LogP contribution in [0, 0.1) is 0 Å². The number of hydrogen-bond acceptors (Lipinski definition) is 5. The number of nitrogens with zero attached hydrogens (tertiary/aromatic N) is 1.